The molecule has 0 spiro atoms. The van der Waals surface area contributed by atoms with Crippen molar-refractivity contribution in [1.82, 2.24) is 0 Å². The number of hydrogen-bond donors (Lipinski definition) is 0. The molecule has 0 aromatic heterocycles. The van der Waals surface area contributed by atoms with Crippen molar-refractivity contribution in [3.8, 4) is 12.3 Å². The van der Waals surface area contributed by atoms with Crippen molar-refractivity contribution in [1.29, 1.82) is 0 Å². The van der Waals surface area contributed by atoms with Gasteiger partial charge in [0.25, 0.3) is 0 Å². The first-order valence-electron chi connectivity index (χ1n) is 2.85. The molecule has 3 heteroatoms. The number of hydrogen-bond acceptors (Lipinski definition) is 2. The second-order valence-corrected chi connectivity index (χ2v) is 7.29. The Kier molecular flexibility index (Phi) is 1.96. The van der Waals surface area contributed by atoms with Crippen LogP contribution in [0.2, 0.25) is 0 Å². The monoisotopic (exact) mass is 160 g/mol. The van der Waals surface area contributed by atoms with E-state index in [0.717, 1.165) is 12.6 Å². The Morgan fingerprint density at radius 2 is 2.56 bits per heavy atom. The fourth-order valence-corrected chi connectivity index (χ4v) is 2.98. The van der Waals surface area contributed by atoms with E-state index in [9.17, 15) is 0 Å². The van der Waals surface area contributed by atoms with Crippen molar-refractivity contribution in [3.63, 3.8) is 0 Å². The van der Waals surface area contributed by atoms with Gasteiger partial charge in [-0.1, -0.05) is 17.7 Å². The summed E-state index contributed by atoms with van der Waals surface area (Å²) >= 11 is 5.15. The molecule has 0 radical (unpaired) electrons. The largest absolute Gasteiger partial charge is 0.335 e. The third-order valence-electron chi connectivity index (χ3n) is 1.33. The fraction of sp³-hybridized carbons (Fsp3) is 0.667. The summed E-state index contributed by atoms with van der Waals surface area (Å²) in [6.45, 7) is 2.00. The minimum absolute atomic E-state index is 0.0147. The summed E-state index contributed by atoms with van der Waals surface area (Å²) in [4.78, 5) is 0. The second-order valence-electron chi connectivity index (χ2n) is 2.29. The zero-order valence-electron chi connectivity index (χ0n) is 5.33. The van der Waals surface area contributed by atoms with Crippen LogP contribution in [0, 0.1) is 12.3 Å². The lowest BCUT2D eigenvalue weighted by Crippen LogP contribution is -1.97. The summed E-state index contributed by atoms with van der Waals surface area (Å²) in [7, 11) is 0. The van der Waals surface area contributed by atoms with Crippen molar-refractivity contribution in [2.45, 2.75) is 12.5 Å². The van der Waals surface area contributed by atoms with Gasteiger partial charge in [-0.3, -0.25) is 0 Å². The van der Waals surface area contributed by atoms with Gasteiger partial charge >= 0.3 is 0 Å². The van der Waals surface area contributed by atoms with Crippen LogP contribution in [0.15, 0.2) is 0 Å². The minimum Gasteiger partial charge on any atom is -0.335 e. The molecule has 0 aliphatic carbocycles. The van der Waals surface area contributed by atoms with Crippen LogP contribution < -0.4 is 0 Å². The van der Waals surface area contributed by atoms with E-state index in [4.69, 9.17) is 22.8 Å². The van der Waals surface area contributed by atoms with Crippen molar-refractivity contribution in [2.75, 3.05) is 12.8 Å². The lowest BCUT2D eigenvalue weighted by molar-refractivity contribution is 0.317. The van der Waals surface area contributed by atoms with Crippen LogP contribution in [0.3, 0.4) is 0 Å². The van der Waals surface area contributed by atoms with Crippen LogP contribution in [0.5, 0.6) is 0 Å². The lowest BCUT2D eigenvalue weighted by Gasteiger charge is -2.06. The summed E-state index contributed by atoms with van der Waals surface area (Å²) in [5.74, 6) is 2.56. The zero-order valence-corrected chi connectivity index (χ0v) is 7.04. The van der Waals surface area contributed by atoms with Gasteiger partial charge in [0.15, 0.2) is 0 Å². The normalized spacial score (nSPS) is 42.4. The molecule has 0 N–H and O–H groups in total. The second kappa shape index (κ2) is 2.42. The van der Waals surface area contributed by atoms with Gasteiger partial charge in [-0.05, 0) is 13.1 Å². The third-order valence-corrected chi connectivity index (χ3v) is 3.91. The molecule has 9 heavy (non-hydrogen) atoms. The Morgan fingerprint density at radius 3 is 2.78 bits per heavy atom. The molecule has 1 heterocycles. The molecule has 0 saturated carbocycles. The maximum atomic E-state index is 5.39. The highest BCUT2D eigenvalue weighted by Gasteiger charge is 2.24. The molecule has 1 fully saturated rings. The highest BCUT2D eigenvalue weighted by Crippen LogP contribution is 2.50. The van der Waals surface area contributed by atoms with Crippen molar-refractivity contribution >= 4 is 18.1 Å². The Bertz CT molecular complexity index is 194. The third kappa shape index (κ3) is 1.79. The van der Waals surface area contributed by atoms with E-state index in [-0.39, 0.29) is 6.10 Å². The summed E-state index contributed by atoms with van der Waals surface area (Å²) in [5, 5.41) is 0. The van der Waals surface area contributed by atoms with E-state index < -0.39 is 6.26 Å². The molecular formula is C6H9OPS. The van der Waals surface area contributed by atoms with E-state index in [1.165, 1.54) is 0 Å². The Hall–Kier alpha value is 0.170. The molecule has 1 saturated heterocycles. The smallest absolute Gasteiger partial charge is 0.123 e. The maximum absolute atomic E-state index is 5.39. The van der Waals surface area contributed by atoms with E-state index in [2.05, 4.69) is 5.92 Å². The highest BCUT2D eigenvalue weighted by molar-refractivity contribution is 8.12. The van der Waals surface area contributed by atoms with Crippen LogP contribution in [-0.2, 0) is 16.3 Å². The Balaban J connectivity index is 2.60. The summed E-state index contributed by atoms with van der Waals surface area (Å²) in [6.07, 6.45) is 5.71. The van der Waals surface area contributed by atoms with Crippen molar-refractivity contribution < 1.29 is 4.52 Å². The summed E-state index contributed by atoms with van der Waals surface area (Å²) < 4.78 is 5.39. The van der Waals surface area contributed by atoms with Crippen LogP contribution in [-0.4, -0.2) is 18.9 Å². The van der Waals surface area contributed by atoms with Gasteiger partial charge in [-0.2, -0.15) is 0 Å². The lowest BCUT2D eigenvalue weighted by atomic mass is 10.3. The molecule has 1 nitrogen and oxygen atoms in total. The number of rotatable bonds is 0. The van der Waals surface area contributed by atoms with E-state index in [1.807, 2.05) is 6.66 Å². The predicted molar refractivity (Wildman–Crippen MR) is 43.4 cm³/mol. The highest BCUT2D eigenvalue weighted by atomic mass is 32.4. The maximum Gasteiger partial charge on any atom is 0.123 e. The molecule has 50 valence electrons. The molecule has 0 aromatic carbocycles. The fourth-order valence-electron chi connectivity index (χ4n) is 0.840. The zero-order chi connectivity index (χ0) is 6.91. The van der Waals surface area contributed by atoms with Crippen molar-refractivity contribution in [2.24, 2.45) is 0 Å². The van der Waals surface area contributed by atoms with Crippen LogP contribution in [0.4, 0.5) is 0 Å². The molecule has 2 unspecified atom stereocenters. The van der Waals surface area contributed by atoms with Gasteiger partial charge in [-0.15, -0.1) is 6.42 Å². The number of terminal acetylenes is 1. The molecule has 1 rings (SSSR count). The topological polar surface area (TPSA) is 9.23 Å². The summed E-state index contributed by atoms with van der Waals surface area (Å²) in [5.41, 5.74) is 0. The minimum atomic E-state index is -1.43. The average molecular weight is 160 g/mol. The Morgan fingerprint density at radius 1 is 1.89 bits per heavy atom. The Labute approximate surface area is 60.9 Å². The molecule has 1 aliphatic heterocycles. The van der Waals surface area contributed by atoms with Gasteiger partial charge in [0.05, 0.1) is 6.26 Å². The molecule has 0 bridgehead atoms. The SMILES string of the molecule is C#CC1CCP(C)(=S)O1. The van der Waals surface area contributed by atoms with Gasteiger partial charge in [0.2, 0.25) is 0 Å². The van der Waals surface area contributed by atoms with Gasteiger partial charge in [0, 0.05) is 6.16 Å². The average Bonchev–Trinajstić information content (AvgIpc) is 2.10. The first-order valence-corrected chi connectivity index (χ1v) is 6.20. The predicted octanol–water partition coefficient (Wildman–Crippen LogP) is 1.43. The van der Waals surface area contributed by atoms with E-state index in [1.54, 1.807) is 0 Å². The van der Waals surface area contributed by atoms with Crippen LogP contribution in [0.1, 0.15) is 6.42 Å². The first-order chi connectivity index (χ1) is 4.14. The van der Waals surface area contributed by atoms with E-state index in [0.29, 0.717) is 0 Å². The van der Waals surface area contributed by atoms with E-state index >= 15 is 0 Å². The molecule has 1 aliphatic rings. The summed E-state index contributed by atoms with van der Waals surface area (Å²) in [6, 6.07) is 0. The standard InChI is InChI=1S/C6H9OPS/c1-3-6-4-5-8(2,9)7-6/h1,6H,4-5H2,2H3. The van der Waals surface area contributed by atoms with Crippen molar-refractivity contribution in [3.05, 3.63) is 0 Å². The van der Waals surface area contributed by atoms with Gasteiger partial charge in [-0.25, -0.2) is 0 Å². The van der Waals surface area contributed by atoms with Crippen LogP contribution in [0.25, 0.3) is 0 Å². The van der Waals surface area contributed by atoms with Gasteiger partial charge in [0.1, 0.15) is 6.10 Å². The molecule has 0 aromatic rings. The molecule has 2 atom stereocenters. The van der Waals surface area contributed by atoms with Gasteiger partial charge < -0.3 is 4.52 Å². The molecule has 0 amide bonds. The quantitative estimate of drug-likeness (QED) is 0.391. The van der Waals surface area contributed by atoms with Crippen LogP contribution >= 0.6 is 6.26 Å². The molecular weight excluding hydrogens is 151 g/mol. The first kappa shape index (κ1) is 7.28.